The van der Waals surface area contributed by atoms with Gasteiger partial charge in [-0.2, -0.15) is 0 Å². The quantitative estimate of drug-likeness (QED) is 0.404. The maximum absolute atomic E-state index is 13.8. The number of carbonyl (C=O) groups excluding carboxylic acids is 1. The van der Waals surface area contributed by atoms with Gasteiger partial charge >= 0.3 is 0 Å². The van der Waals surface area contributed by atoms with Crippen LogP contribution in [0.15, 0.2) is 91.0 Å². The van der Waals surface area contributed by atoms with Crippen molar-refractivity contribution in [2.24, 2.45) is 11.7 Å². The highest BCUT2D eigenvalue weighted by molar-refractivity contribution is 5.80. The standard InChI is InChI=1S/C31H36N2O3/c1-33(30-26-18-9-8-16-24(26)20-29(30)35)31(36)25(17-10-15-22-11-4-2-5-12-22)21-28(34)27(32)19-23-13-6-3-7-14-23/h2-16,18,25,27-30,34-35H,17,19-21,32H2,1H3/t25-,27+,28+,29-,30+/m1/s1. The van der Waals surface area contributed by atoms with Crippen LogP contribution in [0.3, 0.4) is 0 Å². The van der Waals surface area contributed by atoms with E-state index in [1.807, 2.05) is 97.1 Å². The number of likely N-dealkylation sites (N-methyl/N-ethyl adjacent to an activating group) is 1. The van der Waals surface area contributed by atoms with E-state index in [0.717, 1.165) is 22.3 Å². The number of aliphatic hydroxyl groups is 2. The molecule has 3 aromatic rings. The third kappa shape index (κ3) is 6.30. The Kier molecular flexibility index (Phi) is 8.70. The Labute approximate surface area is 213 Å². The molecule has 0 aromatic heterocycles. The van der Waals surface area contributed by atoms with Crippen LogP contribution in [0, 0.1) is 5.92 Å². The maximum Gasteiger partial charge on any atom is 0.226 e. The summed E-state index contributed by atoms with van der Waals surface area (Å²) in [4.78, 5) is 15.4. The second-order valence-electron chi connectivity index (χ2n) is 9.77. The summed E-state index contributed by atoms with van der Waals surface area (Å²) in [6.45, 7) is 0. The van der Waals surface area contributed by atoms with E-state index in [1.54, 1.807) is 11.9 Å². The molecule has 5 heteroatoms. The monoisotopic (exact) mass is 484 g/mol. The Hall–Kier alpha value is -3.25. The van der Waals surface area contributed by atoms with Crippen molar-refractivity contribution in [3.05, 3.63) is 113 Å². The fraction of sp³-hybridized carbons (Fsp3) is 0.323. The largest absolute Gasteiger partial charge is 0.391 e. The molecule has 5 nitrogen and oxygen atoms in total. The van der Waals surface area contributed by atoms with E-state index < -0.39 is 30.2 Å². The number of nitrogens with two attached hydrogens (primary N) is 1. The van der Waals surface area contributed by atoms with E-state index in [2.05, 4.69) is 0 Å². The molecular weight excluding hydrogens is 448 g/mol. The van der Waals surface area contributed by atoms with Crippen molar-refractivity contribution in [2.45, 2.75) is 50.0 Å². The molecular formula is C31H36N2O3. The van der Waals surface area contributed by atoms with Gasteiger partial charge in [0.25, 0.3) is 0 Å². The van der Waals surface area contributed by atoms with Gasteiger partial charge in [0.05, 0.1) is 18.2 Å². The third-order valence-electron chi connectivity index (χ3n) is 7.15. The van der Waals surface area contributed by atoms with E-state index in [-0.39, 0.29) is 12.3 Å². The van der Waals surface area contributed by atoms with Gasteiger partial charge in [-0.15, -0.1) is 0 Å². The predicted octanol–water partition coefficient (Wildman–Crippen LogP) is 4.14. The number of amides is 1. The summed E-state index contributed by atoms with van der Waals surface area (Å²) in [7, 11) is 1.75. The molecule has 1 amide bonds. The van der Waals surface area contributed by atoms with Crippen LogP contribution in [0.5, 0.6) is 0 Å². The highest BCUT2D eigenvalue weighted by Gasteiger charge is 2.38. The molecule has 0 saturated carbocycles. The molecule has 1 aliphatic rings. The lowest BCUT2D eigenvalue weighted by Crippen LogP contribution is -2.43. The van der Waals surface area contributed by atoms with Gasteiger partial charge in [0.15, 0.2) is 0 Å². The first-order valence-electron chi connectivity index (χ1n) is 12.7. The minimum atomic E-state index is -0.835. The molecule has 0 bridgehead atoms. The van der Waals surface area contributed by atoms with E-state index >= 15 is 0 Å². The average molecular weight is 485 g/mol. The van der Waals surface area contributed by atoms with Crippen LogP contribution in [0.1, 0.15) is 41.1 Å². The molecule has 0 fully saturated rings. The highest BCUT2D eigenvalue weighted by atomic mass is 16.3. The van der Waals surface area contributed by atoms with Gasteiger partial charge in [0.1, 0.15) is 0 Å². The van der Waals surface area contributed by atoms with Crippen molar-refractivity contribution in [3.63, 3.8) is 0 Å². The Morgan fingerprint density at radius 2 is 1.67 bits per heavy atom. The van der Waals surface area contributed by atoms with Gasteiger partial charge in [0.2, 0.25) is 5.91 Å². The summed E-state index contributed by atoms with van der Waals surface area (Å²) in [6.07, 6.45) is 4.28. The first kappa shape index (κ1) is 25.8. The van der Waals surface area contributed by atoms with Crippen molar-refractivity contribution in [1.29, 1.82) is 0 Å². The first-order chi connectivity index (χ1) is 17.4. The normalized spacial score (nSPS) is 19.6. The molecule has 0 heterocycles. The summed E-state index contributed by atoms with van der Waals surface area (Å²) >= 11 is 0. The molecule has 3 aromatic carbocycles. The number of fused-ring (bicyclic) bond motifs is 1. The Bertz CT molecular complexity index is 1150. The number of nitrogens with zero attached hydrogens (tertiary/aromatic N) is 1. The second kappa shape index (κ2) is 12.1. The zero-order valence-electron chi connectivity index (χ0n) is 20.8. The molecule has 0 radical (unpaired) electrons. The van der Waals surface area contributed by atoms with E-state index in [4.69, 9.17) is 5.73 Å². The average Bonchev–Trinajstić information content (AvgIpc) is 3.24. The summed E-state index contributed by atoms with van der Waals surface area (Å²) < 4.78 is 0. The van der Waals surface area contributed by atoms with Crippen LogP contribution in [0.25, 0.3) is 6.08 Å². The van der Waals surface area contributed by atoms with Gasteiger partial charge in [-0.1, -0.05) is 97.1 Å². The topological polar surface area (TPSA) is 86.8 Å². The molecule has 1 aliphatic carbocycles. The van der Waals surface area contributed by atoms with Crippen LogP contribution in [-0.2, 0) is 17.6 Å². The molecule has 0 aliphatic heterocycles. The summed E-state index contributed by atoms with van der Waals surface area (Å²) in [6, 6.07) is 26.8. The zero-order valence-corrected chi connectivity index (χ0v) is 20.8. The molecule has 36 heavy (non-hydrogen) atoms. The lowest BCUT2D eigenvalue weighted by molar-refractivity contribution is -0.139. The van der Waals surface area contributed by atoms with Crippen molar-refractivity contribution in [2.75, 3.05) is 7.05 Å². The highest BCUT2D eigenvalue weighted by Crippen LogP contribution is 2.36. The van der Waals surface area contributed by atoms with Crippen molar-refractivity contribution >= 4 is 12.0 Å². The Morgan fingerprint density at radius 1 is 1.03 bits per heavy atom. The molecule has 4 rings (SSSR count). The number of rotatable bonds is 10. The summed E-state index contributed by atoms with van der Waals surface area (Å²) in [5.41, 5.74) is 10.5. The van der Waals surface area contributed by atoms with E-state index in [1.165, 1.54) is 0 Å². The molecule has 0 unspecified atom stereocenters. The van der Waals surface area contributed by atoms with Gasteiger partial charge in [0, 0.05) is 25.4 Å². The molecule has 0 saturated heterocycles. The third-order valence-corrected chi connectivity index (χ3v) is 7.15. The van der Waals surface area contributed by atoms with Crippen LogP contribution < -0.4 is 5.73 Å². The second-order valence-corrected chi connectivity index (χ2v) is 9.77. The number of aliphatic hydroxyl groups excluding tert-OH is 2. The van der Waals surface area contributed by atoms with Gasteiger partial charge in [-0.05, 0) is 41.5 Å². The zero-order chi connectivity index (χ0) is 25.5. The van der Waals surface area contributed by atoms with E-state index in [0.29, 0.717) is 19.3 Å². The smallest absolute Gasteiger partial charge is 0.226 e. The predicted molar refractivity (Wildman–Crippen MR) is 144 cm³/mol. The van der Waals surface area contributed by atoms with Crippen LogP contribution >= 0.6 is 0 Å². The van der Waals surface area contributed by atoms with Crippen LogP contribution in [0.2, 0.25) is 0 Å². The minimum Gasteiger partial charge on any atom is -0.391 e. The van der Waals surface area contributed by atoms with Gasteiger partial charge in [-0.25, -0.2) is 0 Å². The van der Waals surface area contributed by atoms with Crippen molar-refractivity contribution in [1.82, 2.24) is 4.90 Å². The van der Waals surface area contributed by atoms with Gasteiger partial charge < -0.3 is 20.8 Å². The summed E-state index contributed by atoms with van der Waals surface area (Å²) in [5, 5.41) is 21.8. The van der Waals surface area contributed by atoms with E-state index in [9.17, 15) is 15.0 Å². The lowest BCUT2D eigenvalue weighted by atomic mass is 9.90. The van der Waals surface area contributed by atoms with Crippen molar-refractivity contribution in [3.8, 4) is 0 Å². The van der Waals surface area contributed by atoms with Crippen LogP contribution in [-0.4, -0.2) is 46.3 Å². The van der Waals surface area contributed by atoms with Crippen LogP contribution in [0.4, 0.5) is 0 Å². The van der Waals surface area contributed by atoms with Crippen molar-refractivity contribution < 1.29 is 15.0 Å². The van der Waals surface area contributed by atoms with Gasteiger partial charge in [-0.3, -0.25) is 4.79 Å². The first-order valence-corrected chi connectivity index (χ1v) is 12.7. The number of allylic oxidation sites excluding steroid dienone is 1. The molecule has 5 atom stereocenters. The number of carbonyl (C=O) groups is 1. The SMILES string of the molecule is CN(C(=O)[C@H](CC=Cc1ccccc1)C[C@H](O)[C@@H](N)Cc1ccccc1)[C@H]1c2ccccc2C[C@H]1O. The fourth-order valence-corrected chi connectivity index (χ4v) is 5.16. The number of benzene rings is 3. The Balaban J connectivity index is 1.50. The molecule has 4 N–H and O–H groups in total. The molecule has 0 spiro atoms. The Morgan fingerprint density at radius 3 is 2.39 bits per heavy atom. The minimum absolute atomic E-state index is 0.0978. The lowest BCUT2D eigenvalue weighted by Gasteiger charge is -2.32. The number of hydrogen-bond acceptors (Lipinski definition) is 4. The number of hydrogen-bond donors (Lipinski definition) is 3. The fourth-order valence-electron chi connectivity index (χ4n) is 5.16. The maximum atomic E-state index is 13.8. The molecule has 188 valence electrons. The summed E-state index contributed by atoms with van der Waals surface area (Å²) in [5.74, 6) is -0.564.